The average Bonchev–Trinajstić information content (AvgIpc) is 3.69. The molecule has 0 unspecified atom stereocenters. The van der Waals surface area contributed by atoms with Gasteiger partial charge < -0.3 is 9.80 Å². The number of fused-ring (bicyclic) bond motifs is 2. The van der Waals surface area contributed by atoms with E-state index in [0.29, 0.717) is 0 Å². The van der Waals surface area contributed by atoms with E-state index in [1.54, 1.807) is 0 Å². The van der Waals surface area contributed by atoms with E-state index >= 15 is 0 Å². The SMILES string of the molecule is c1ccc(-c2cccc(-c3ccc(N(c4ccc(-c5ccc(N(c6ccc(-c7cccc8ccccc78)cc6)c6ccc(-c7cccc8ccccc78)cc6)cc5)cc4)c4ccc(-c5cccc(-c6ccccc6)c5)cc4)cc3)c2)cc1. The van der Waals surface area contributed by atoms with Gasteiger partial charge in [0.1, 0.15) is 0 Å². The van der Waals surface area contributed by atoms with Crippen LogP contribution in [0.1, 0.15) is 0 Å². The molecule has 0 bridgehead atoms. The summed E-state index contributed by atoms with van der Waals surface area (Å²) in [6, 6.07) is 123. The molecule has 0 aromatic heterocycles. The summed E-state index contributed by atoms with van der Waals surface area (Å²) < 4.78 is 0. The molecule has 2 nitrogen and oxygen atoms in total. The Morgan fingerprint density at radius 3 is 0.683 bits per heavy atom. The highest BCUT2D eigenvalue weighted by atomic mass is 15.1. The maximum Gasteiger partial charge on any atom is 0.0462 e. The number of hydrogen-bond acceptors (Lipinski definition) is 2. The van der Waals surface area contributed by atoms with Gasteiger partial charge in [0.05, 0.1) is 0 Å². The molecule has 0 atom stereocenters. The highest BCUT2D eigenvalue weighted by molar-refractivity contribution is 5.98. The minimum atomic E-state index is 1.07. The molecule has 0 aliphatic heterocycles. The third kappa shape index (κ3) is 10.0. The van der Waals surface area contributed by atoms with Crippen molar-refractivity contribution in [3.05, 3.63) is 340 Å². The smallest absolute Gasteiger partial charge is 0.0462 e. The van der Waals surface area contributed by atoms with Gasteiger partial charge in [-0.05, 0) is 184 Å². The summed E-state index contributed by atoms with van der Waals surface area (Å²) in [6.45, 7) is 0. The molecule has 0 fully saturated rings. The van der Waals surface area contributed by atoms with Crippen molar-refractivity contribution in [2.24, 2.45) is 0 Å². The molecule has 0 amide bonds. The van der Waals surface area contributed by atoms with Gasteiger partial charge in [-0.15, -0.1) is 0 Å². The van der Waals surface area contributed by atoms with Gasteiger partial charge in [0, 0.05) is 34.1 Å². The number of nitrogens with zero attached hydrogens (tertiary/aromatic N) is 2. The second-order valence-corrected chi connectivity index (χ2v) is 20.9. The molecule has 0 heterocycles. The molecule has 0 radical (unpaired) electrons. The van der Waals surface area contributed by atoms with E-state index < -0.39 is 0 Å². The number of anilines is 6. The van der Waals surface area contributed by atoms with Gasteiger partial charge in [0.25, 0.3) is 0 Å². The van der Waals surface area contributed by atoms with Crippen LogP contribution in [0.4, 0.5) is 34.1 Å². The monoisotopic (exact) mass is 1040 g/mol. The van der Waals surface area contributed by atoms with Crippen LogP contribution < -0.4 is 9.80 Å². The number of hydrogen-bond donors (Lipinski definition) is 0. The van der Waals surface area contributed by atoms with Crippen LogP contribution in [0.3, 0.4) is 0 Å². The van der Waals surface area contributed by atoms with Crippen molar-refractivity contribution in [2.45, 2.75) is 0 Å². The minimum Gasteiger partial charge on any atom is -0.311 e. The largest absolute Gasteiger partial charge is 0.311 e. The van der Waals surface area contributed by atoms with Crippen molar-refractivity contribution in [1.82, 2.24) is 0 Å². The van der Waals surface area contributed by atoms with Gasteiger partial charge in [-0.3, -0.25) is 0 Å². The summed E-state index contributed by atoms with van der Waals surface area (Å²) in [5, 5.41) is 4.98. The maximum atomic E-state index is 2.36. The molecule has 14 aromatic rings. The van der Waals surface area contributed by atoms with Crippen LogP contribution in [0.15, 0.2) is 340 Å². The van der Waals surface area contributed by atoms with E-state index in [1.165, 1.54) is 88.3 Å². The zero-order chi connectivity index (χ0) is 54.6. The third-order valence-corrected chi connectivity index (χ3v) is 15.9. The van der Waals surface area contributed by atoms with E-state index in [1.807, 2.05) is 0 Å². The summed E-state index contributed by atoms with van der Waals surface area (Å²) in [5.74, 6) is 0. The van der Waals surface area contributed by atoms with E-state index in [9.17, 15) is 0 Å². The molecule has 0 aliphatic rings. The van der Waals surface area contributed by atoms with Crippen molar-refractivity contribution in [3.63, 3.8) is 0 Å². The molecule has 2 heteroatoms. The molecule has 0 aliphatic carbocycles. The van der Waals surface area contributed by atoms with E-state index in [0.717, 1.165) is 45.3 Å². The fraction of sp³-hybridized carbons (Fsp3) is 0. The second kappa shape index (κ2) is 22.1. The van der Waals surface area contributed by atoms with Gasteiger partial charge in [-0.1, -0.05) is 255 Å². The molecule has 0 saturated heterocycles. The second-order valence-electron chi connectivity index (χ2n) is 20.9. The van der Waals surface area contributed by atoms with Gasteiger partial charge in [0.15, 0.2) is 0 Å². The number of rotatable bonds is 13. The average molecular weight is 1050 g/mol. The molecule has 0 saturated carbocycles. The molecule has 14 rings (SSSR count). The molecular weight excluding hydrogens is 989 g/mol. The van der Waals surface area contributed by atoms with Crippen molar-refractivity contribution >= 4 is 55.7 Å². The van der Waals surface area contributed by atoms with Crippen molar-refractivity contribution < 1.29 is 0 Å². The van der Waals surface area contributed by atoms with E-state index in [2.05, 4.69) is 350 Å². The first-order valence-corrected chi connectivity index (χ1v) is 28.1. The van der Waals surface area contributed by atoms with Crippen LogP contribution in [-0.2, 0) is 0 Å². The minimum absolute atomic E-state index is 1.07. The fourth-order valence-corrected chi connectivity index (χ4v) is 11.7. The van der Waals surface area contributed by atoms with E-state index in [-0.39, 0.29) is 0 Å². The highest BCUT2D eigenvalue weighted by Crippen LogP contribution is 2.42. The summed E-state index contributed by atoms with van der Waals surface area (Å²) in [5.41, 5.74) is 23.1. The lowest BCUT2D eigenvalue weighted by molar-refractivity contribution is 1.28. The fourth-order valence-electron chi connectivity index (χ4n) is 11.7. The third-order valence-electron chi connectivity index (χ3n) is 15.9. The Labute approximate surface area is 480 Å². The predicted octanol–water partition coefficient (Wildman–Crippen LogP) is 22.6. The Morgan fingerprint density at radius 1 is 0.146 bits per heavy atom. The molecule has 386 valence electrons. The van der Waals surface area contributed by atoms with Crippen LogP contribution in [0.2, 0.25) is 0 Å². The first-order chi connectivity index (χ1) is 40.6. The zero-order valence-corrected chi connectivity index (χ0v) is 45.2. The van der Waals surface area contributed by atoms with Gasteiger partial charge in [0.2, 0.25) is 0 Å². The highest BCUT2D eigenvalue weighted by Gasteiger charge is 2.18. The van der Waals surface area contributed by atoms with E-state index in [4.69, 9.17) is 0 Å². The van der Waals surface area contributed by atoms with Crippen molar-refractivity contribution in [2.75, 3.05) is 9.80 Å². The first-order valence-electron chi connectivity index (χ1n) is 28.1. The zero-order valence-electron chi connectivity index (χ0n) is 45.2. The van der Waals surface area contributed by atoms with Crippen LogP contribution >= 0.6 is 0 Å². The Hall–Kier alpha value is -10.8. The normalized spacial score (nSPS) is 11.2. The Kier molecular flexibility index (Phi) is 13.4. The Morgan fingerprint density at radius 2 is 0.366 bits per heavy atom. The molecular formula is C80H56N2. The quantitative estimate of drug-likeness (QED) is 0.114. The molecule has 14 aromatic carbocycles. The summed E-state index contributed by atoms with van der Waals surface area (Å²) >= 11 is 0. The van der Waals surface area contributed by atoms with Crippen LogP contribution in [0.5, 0.6) is 0 Å². The van der Waals surface area contributed by atoms with Gasteiger partial charge in [-0.25, -0.2) is 0 Å². The topological polar surface area (TPSA) is 6.48 Å². The number of benzene rings is 14. The first kappa shape index (κ1) is 49.5. The van der Waals surface area contributed by atoms with Gasteiger partial charge >= 0.3 is 0 Å². The molecule has 0 N–H and O–H groups in total. The lowest BCUT2D eigenvalue weighted by Crippen LogP contribution is -2.10. The maximum absolute atomic E-state index is 2.36. The Balaban J connectivity index is 0.788. The van der Waals surface area contributed by atoms with Crippen molar-refractivity contribution in [3.8, 4) is 77.9 Å². The van der Waals surface area contributed by atoms with Crippen molar-refractivity contribution in [1.29, 1.82) is 0 Å². The molecule has 82 heavy (non-hydrogen) atoms. The lowest BCUT2D eigenvalue weighted by atomic mass is 9.97. The van der Waals surface area contributed by atoms with Crippen LogP contribution in [0.25, 0.3) is 99.4 Å². The Bertz CT molecular complexity index is 4230. The van der Waals surface area contributed by atoms with Crippen LogP contribution in [-0.4, -0.2) is 0 Å². The lowest BCUT2D eigenvalue weighted by Gasteiger charge is -2.27. The molecule has 0 spiro atoms. The summed E-state index contributed by atoms with van der Waals surface area (Å²) in [6.07, 6.45) is 0. The summed E-state index contributed by atoms with van der Waals surface area (Å²) in [4.78, 5) is 4.72. The summed E-state index contributed by atoms with van der Waals surface area (Å²) in [7, 11) is 0. The predicted molar refractivity (Wildman–Crippen MR) is 349 cm³/mol. The van der Waals surface area contributed by atoms with Crippen LogP contribution in [0, 0.1) is 0 Å². The van der Waals surface area contributed by atoms with Gasteiger partial charge in [-0.2, -0.15) is 0 Å². The standard InChI is InChI=1S/C80H56N2/c1-3-15-57(16-4-1)67-23-11-25-69(55-67)61-35-47-73(48-36-61)81(74-49-37-62(38-50-74)70-26-12-24-68(56-70)58-17-5-2-6-18-58)71-43-31-59(32-44-71)60-33-45-72(46-34-60)82(75-51-39-65(40-52-75)79-29-13-21-63-19-7-9-27-77(63)79)76-53-41-66(42-54-76)80-30-14-22-64-20-8-10-28-78(64)80/h1-56H.